The molecule has 1 atom stereocenters. The van der Waals surface area contributed by atoms with Crippen LogP contribution in [0.15, 0.2) is 40.7 Å². The van der Waals surface area contributed by atoms with Gasteiger partial charge in [0.2, 0.25) is 0 Å². The Balaban J connectivity index is 1.62. The van der Waals surface area contributed by atoms with Crippen LogP contribution in [-0.2, 0) is 15.9 Å². The van der Waals surface area contributed by atoms with Crippen molar-refractivity contribution in [3.05, 3.63) is 51.8 Å². The van der Waals surface area contributed by atoms with E-state index in [9.17, 15) is 9.90 Å². The molecule has 0 amide bonds. The highest BCUT2D eigenvalue weighted by Gasteiger charge is 2.39. The zero-order valence-electron chi connectivity index (χ0n) is 31.6. The lowest BCUT2D eigenvalue weighted by molar-refractivity contribution is 0.0691. The number of rotatable bonds is 17. The van der Waals surface area contributed by atoms with E-state index in [1.807, 2.05) is 30.0 Å². The molecule has 11 nitrogen and oxygen atoms in total. The predicted octanol–water partition coefficient (Wildman–Crippen LogP) is 8.37. The number of anilines is 2. The number of carbonyl (C=O) groups is 1. The van der Waals surface area contributed by atoms with Gasteiger partial charge < -0.3 is 24.1 Å². The van der Waals surface area contributed by atoms with Crippen molar-refractivity contribution in [2.75, 3.05) is 38.7 Å². The SMILES string of the molecule is Cc1cc(N(CCCC(CN(C)C)O[Si](C)(C)C(C)(C)C)c2nc(C(=O)O)cs2)nnc1/N=c1\sc2ccccc2n1COCC[Si](C)(C)C. The van der Waals surface area contributed by atoms with Crippen molar-refractivity contribution in [1.29, 1.82) is 0 Å². The summed E-state index contributed by atoms with van der Waals surface area (Å²) in [5, 5.41) is 21.1. The van der Waals surface area contributed by atoms with Gasteiger partial charge in [-0.1, -0.05) is 63.9 Å². The average Bonchev–Trinajstić information content (AvgIpc) is 3.62. The van der Waals surface area contributed by atoms with Crippen molar-refractivity contribution in [2.24, 2.45) is 4.99 Å². The van der Waals surface area contributed by atoms with Crippen LogP contribution in [0.4, 0.5) is 16.8 Å². The summed E-state index contributed by atoms with van der Waals surface area (Å²) in [4.78, 5) is 26.1. The van der Waals surface area contributed by atoms with Crippen LogP contribution < -0.4 is 9.70 Å². The Morgan fingerprint density at radius 3 is 2.46 bits per heavy atom. The van der Waals surface area contributed by atoms with Crippen molar-refractivity contribution in [1.82, 2.24) is 24.6 Å². The van der Waals surface area contributed by atoms with Gasteiger partial charge in [0, 0.05) is 33.2 Å². The van der Waals surface area contributed by atoms with Crippen LogP contribution in [0, 0.1) is 6.92 Å². The summed E-state index contributed by atoms with van der Waals surface area (Å²) in [6.45, 7) is 22.9. The number of carboxylic acid groups (broad SMARTS) is 1. The number of aryl methyl sites for hydroxylation is 1. The van der Waals surface area contributed by atoms with E-state index in [0.717, 1.165) is 46.0 Å². The monoisotopic (exact) mass is 757 g/mol. The minimum absolute atomic E-state index is 0.0134. The van der Waals surface area contributed by atoms with Crippen molar-refractivity contribution in [3.63, 3.8) is 0 Å². The number of hydrogen-bond donors (Lipinski definition) is 1. The lowest BCUT2D eigenvalue weighted by atomic mass is 10.2. The van der Waals surface area contributed by atoms with E-state index >= 15 is 0 Å². The van der Waals surface area contributed by atoms with Crippen LogP contribution >= 0.6 is 22.7 Å². The van der Waals surface area contributed by atoms with Gasteiger partial charge in [0.25, 0.3) is 0 Å². The van der Waals surface area contributed by atoms with Crippen LogP contribution in [0.3, 0.4) is 0 Å². The molecule has 4 aromatic rings. The van der Waals surface area contributed by atoms with Gasteiger partial charge in [-0.3, -0.25) is 4.57 Å². The Kier molecular flexibility index (Phi) is 13.3. The van der Waals surface area contributed by atoms with Gasteiger partial charge in [0.05, 0.1) is 16.3 Å². The fourth-order valence-corrected chi connectivity index (χ4v) is 9.01. The van der Waals surface area contributed by atoms with E-state index in [1.165, 1.54) is 11.3 Å². The molecule has 0 fully saturated rings. The normalized spacial score (nSPS) is 13.8. The summed E-state index contributed by atoms with van der Waals surface area (Å²) in [6.07, 6.45) is 1.70. The van der Waals surface area contributed by atoms with Crippen LogP contribution in [0.2, 0.25) is 43.8 Å². The molecule has 0 aliphatic rings. The molecule has 274 valence electrons. The van der Waals surface area contributed by atoms with Crippen LogP contribution in [0.1, 0.15) is 49.7 Å². The fraction of sp³-hybridized carbons (Fsp3) is 0.571. The van der Waals surface area contributed by atoms with Crippen molar-refractivity contribution in [2.45, 2.75) is 97.2 Å². The molecule has 0 saturated carbocycles. The van der Waals surface area contributed by atoms with Gasteiger partial charge in [0.15, 0.2) is 35.6 Å². The number of aromatic carboxylic acids is 1. The fourth-order valence-electron chi connectivity index (χ4n) is 5.02. The molecule has 15 heteroatoms. The number of nitrogens with zero attached hydrogens (tertiary/aromatic N) is 7. The van der Waals surface area contributed by atoms with E-state index < -0.39 is 22.4 Å². The summed E-state index contributed by atoms with van der Waals surface area (Å²) in [5.41, 5.74) is 1.94. The Labute approximate surface area is 307 Å². The lowest BCUT2D eigenvalue weighted by Gasteiger charge is -2.40. The van der Waals surface area contributed by atoms with Gasteiger partial charge in [-0.05, 0) is 81.8 Å². The molecule has 0 spiro atoms. The molecule has 50 heavy (non-hydrogen) atoms. The third kappa shape index (κ3) is 10.9. The largest absolute Gasteiger partial charge is 0.476 e. The number of fused-ring (bicyclic) bond motifs is 1. The van der Waals surface area contributed by atoms with E-state index in [2.05, 4.69) is 104 Å². The predicted molar refractivity (Wildman–Crippen MR) is 212 cm³/mol. The summed E-state index contributed by atoms with van der Waals surface area (Å²) < 4.78 is 16.2. The van der Waals surface area contributed by atoms with Crippen molar-refractivity contribution < 1.29 is 19.1 Å². The summed E-state index contributed by atoms with van der Waals surface area (Å²) in [5.74, 6) is 0.0650. The number of carboxylic acids is 1. The first-order valence-corrected chi connectivity index (χ1v) is 25.5. The van der Waals surface area contributed by atoms with Gasteiger partial charge in [-0.15, -0.1) is 21.5 Å². The molecule has 3 aromatic heterocycles. The molecule has 0 saturated heterocycles. The zero-order chi connectivity index (χ0) is 36.9. The van der Waals surface area contributed by atoms with Crippen LogP contribution in [-0.4, -0.2) is 92.0 Å². The summed E-state index contributed by atoms with van der Waals surface area (Å²) in [6, 6.07) is 11.3. The van der Waals surface area contributed by atoms with Gasteiger partial charge in [-0.25, -0.2) is 9.78 Å². The van der Waals surface area contributed by atoms with Crippen molar-refractivity contribution in [3.8, 4) is 0 Å². The number of thiazole rings is 2. The molecule has 0 bridgehead atoms. The van der Waals surface area contributed by atoms with Crippen LogP contribution in [0.25, 0.3) is 10.2 Å². The second kappa shape index (κ2) is 16.7. The number of hydrogen-bond acceptors (Lipinski definition) is 11. The third-order valence-corrected chi connectivity index (χ3v) is 17.1. The molecule has 1 aromatic carbocycles. The Morgan fingerprint density at radius 1 is 1.12 bits per heavy atom. The molecular formula is C35H55N7O4S2Si2. The maximum absolute atomic E-state index is 11.7. The zero-order valence-corrected chi connectivity index (χ0v) is 35.2. The number of para-hydroxylation sites is 1. The Morgan fingerprint density at radius 2 is 1.84 bits per heavy atom. The van der Waals surface area contributed by atoms with Gasteiger partial charge >= 0.3 is 5.97 Å². The van der Waals surface area contributed by atoms with Crippen LogP contribution in [0.5, 0.6) is 0 Å². The minimum Gasteiger partial charge on any atom is -0.476 e. The molecule has 0 aliphatic heterocycles. The summed E-state index contributed by atoms with van der Waals surface area (Å²) >= 11 is 2.89. The second-order valence-electron chi connectivity index (χ2n) is 15.8. The Bertz CT molecular complexity index is 1810. The maximum Gasteiger partial charge on any atom is 0.355 e. The minimum atomic E-state index is -1.98. The quantitative estimate of drug-likeness (QED) is 0.0837. The maximum atomic E-state index is 11.7. The highest BCUT2D eigenvalue weighted by molar-refractivity contribution is 7.16. The van der Waals surface area contributed by atoms with E-state index in [-0.39, 0.29) is 16.8 Å². The first kappa shape index (κ1) is 40.0. The van der Waals surface area contributed by atoms with Gasteiger partial charge in [0.1, 0.15) is 6.73 Å². The molecule has 0 radical (unpaired) electrons. The molecule has 0 aliphatic carbocycles. The molecule has 3 heterocycles. The number of likely N-dealkylation sites (N-methyl/N-ethyl adjacent to an activating group) is 1. The first-order chi connectivity index (χ1) is 23.3. The Hall–Kier alpha value is -2.80. The third-order valence-electron chi connectivity index (χ3n) is 8.91. The van der Waals surface area contributed by atoms with E-state index in [1.54, 1.807) is 16.7 Å². The first-order valence-electron chi connectivity index (χ1n) is 17.2. The van der Waals surface area contributed by atoms with E-state index in [4.69, 9.17) is 14.2 Å². The smallest absolute Gasteiger partial charge is 0.355 e. The number of aromatic nitrogens is 4. The second-order valence-corrected chi connectivity index (χ2v) is 28.0. The van der Waals surface area contributed by atoms with E-state index in [0.29, 0.717) is 36.6 Å². The molecule has 1 unspecified atom stereocenters. The highest BCUT2D eigenvalue weighted by atomic mass is 32.1. The average molecular weight is 758 g/mol. The van der Waals surface area contributed by atoms with Crippen molar-refractivity contribution >= 4 is 72.0 Å². The number of ether oxygens (including phenoxy) is 1. The van der Waals surface area contributed by atoms with Gasteiger partial charge in [-0.2, -0.15) is 4.99 Å². The summed E-state index contributed by atoms with van der Waals surface area (Å²) in [7, 11) is 0.950. The molecular weight excluding hydrogens is 703 g/mol. The lowest BCUT2D eigenvalue weighted by Crippen LogP contribution is -2.46. The standard InChI is InChI=1S/C35H55N7O4S2Si2/c1-25-21-30(38-39-31(25)37-34-42(24-45-19-20-49(7,8)9)28-16-12-13-17-29(28)48-34)41(33-36-27(23-47-33)32(43)44)18-14-15-26(22-40(5)6)46-50(10,11)35(2,3)4/h12-13,16-17,21,23,26H,14-15,18-20,22,24H2,1-11H3,(H,43,44)/b37-34-. The number of benzene rings is 1. The molecule has 4 rings (SSSR count). The highest BCUT2D eigenvalue weighted by Crippen LogP contribution is 2.38. The molecule has 1 N–H and O–H groups in total. The topological polar surface area (TPSA) is 118 Å².